The van der Waals surface area contributed by atoms with Crippen LogP contribution in [0.1, 0.15) is 45.5 Å². The zero-order valence-electron chi connectivity index (χ0n) is 11.6. The van der Waals surface area contributed by atoms with Crippen LogP contribution in [0, 0.1) is 12.1 Å². The van der Waals surface area contributed by atoms with Gasteiger partial charge < -0.3 is 14.8 Å². The molecule has 0 unspecified atom stereocenters. The molecule has 18 heavy (non-hydrogen) atoms. The Morgan fingerprint density at radius 3 is 2.06 bits per heavy atom. The predicted octanol–water partition coefficient (Wildman–Crippen LogP) is 1.14. The lowest BCUT2D eigenvalue weighted by atomic mass is 9.84. The molecule has 1 radical (unpaired) electrons. The summed E-state index contributed by atoms with van der Waals surface area (Å²) >= 11 is 0. The zero-order valence-corrected chi connectivity index (χ0v) is 11.6. The number of hydroxylamine groups is 4. The van der Waals surface area contributed by atoms with Crippen LogP contribution in [0.4, 0.5) is 0 Å². The quantitative estimate of drug-likeness (QED) is 0.749. The number of aromatic nitrogens is 3. The van der Waals surface area contributed by atoms with Gasteiger partial charge in [0, 0.05) is 12.6 Å². The van der Waals surface area contributed by atoms with Crippen molar-refractivity contribution in [2.24, 2.45) is 7.05 Å². The molecule has 1 aromatic rings. The first-order valence-electron chi connectivity index (χ1n) is 5.91. The maximum Gasteiger partial charge on any atom is 0.166 e. The van der Waals surface area contributed by atoms with Crippen LogP contribution >= 0.6 is 0 Å². The van der Waals surface area contributed by atoms with E-state index in [0.29, 0.717) is 11.6 Å². The third-order valence-electron chi connectivity index (χ3n) is 4.40. The Labute approximate surface area is 107 Å². The maximum atomic E-state index is 12.4. The highest BCUT2D eigenvalue weighted by Gasteiger charge is 2.56. The second-order valence-corrected chi connectivity index (χ2v) is 5.81. The molecule has 0 N–H and O–H groups in total. The molecule has 0 bridgehead atoms. The molecule has 0 amide bonds. The van der Waals surface area contributed by atoms with Gasteiger partial charge in [-0.15, -0.1) is 20.5 Å². The lowest BCUT2D eigenvalue weighted by Crippen LogP contribution is -2.51. The zero-order chi connectivity index (χ0) is 13.9. The SMILES string of the molecule is Cc1nnc(C2N([O])C(C)(C)C(C)(C)N2[O-])n1C. The number of hydrogen-bond acceptors (Lipinski definition) is 5. The van der Waals surface area contributed by atoms with E-state index in [-0.39, 0.29) is 0 Å². The lowest BCUT2D eigenvalue weighted by molar-refractivity contribution is -0.234. The van der Waals surface area contributed by atoms with Crippen molar-refractivity contribution in [1.82, 2.24) is 24.9 Å². The van der Waals surface area contributed by atoms with E-state index in [2.05, 4.69) is 10.2 Å². The van der Waals surface area contributed by atoms with Crippen molar-refractivity contribution in [3.8, 4) is 0 Å². The Kier molecular flexibility index (Phi) is 2.78. The van der Waals surface area contributed by atoms with Crippen molar-refractivity contribution in [3.63, 3.8) is 0 Å². The summed E-state index contributed by atoms with van der Waals surface area (Å²) < 4.78 is 1.68. The standard InChI is InChI=1S/C11H19N5O2/c1-7-12-13-8(14(7)6)9-15(17)10(2,3)11(4,5)16(9)18/h9H,1-6H3/q-1. The summed E-state index contributed by atoms with van der Waals surface area (Å²) in [6.07, 6.45) is -0.943. The molecule has 2 rings (SSSR count). The van der Waals surface area contributed by atoms with Gasteiger partial charge in [-0.25, -0.2) is 0 Å². The molecule has 0 atom stereocenters. The van der Waals surface area contributed by atoms with Crippen LogP contribution in [0.2, 0.25) is 0 Å². The molecule has 7 heteroatoms. The van der Waals surface area contributed by atoms with E-state index in [4.69, 9.17) is 0 Å². The van der Waals surface area contributed by atoms with Crippen LogP contribution in [-0.4, -0.2) is 36.0 Å². The molecule has 1 saturated heterocycles. The second kappa shape index (κ2) is 3.74. The smallest absolute Gasteiger partial charge is 0.166 e. The Bertz CT molecular complexity index is 448. The van der Waals surface area contributed by atoms with Gasteiger partial charge >= 0.3 is 0 Å². The van der Waals surface area contributed by atoms with E-state index in [1.54, 1.807) is 46.2 Å². The molecule has 1 aromatic heterocycles. The fraction of sp³-hybridized carbons (Fsp3) is 0.818. The van der Waals surface area contributed by atoms with Gasteiger partial charge in [0.15, 0.2) is 5.82 Å². The summed E-state index contributed by atoms with van der Waals surface area (Å²) in [7, 11) is 1.75. The van der Waals surface area contributed by atoms with Crippen molar-refractivity contribution in [1.29, 1.82) is 0 Å². The van der Waals surface area contributed by atoms with Crippen LogP contribution in [0.5, 0.6) is 0 Å². The molecule has 1 fully saturated rings. The van der Waals surface area contributed by atoms with E-state index < -0.39 is 17.2 Å². The average Bonchev–Trinajstić information content (AvgIpc) is 2.64. The van der Waals surface area contributed by atoms with E-state index in [1.807, 2.05) is 0 Å². The number of aryl methyl sites for hydroxylation is 1. The summed E-state index contributed by atoms with van der Waals surface area (Å²) in [6.45, 7) is 8.87. The summed E-state index contributed by atoms with van der Waals surface area (Å²) in [4.78, 5) is 0. The molecule has 1 aliphatic heterocycles. The molecule has 0 spiro atoms. The Morgan fingerprint density at radius 1 is 1.17 bits per heavy atom. The van der Waals surface area contributed by atoms with Crippen molar-refractivity contribution >= 4 is 0 Å². The molecular weight excluding hydrogens is 234 g/mol. The van der Waals surface area contributed by atoms with Gasteiger partial charge in [-0.05, 0) is 34.6 Å². The topological polar surface area (TPSA) is 80.2 Å². The second-order valence-electron chi connectivity index (χ2n) is 5.81. The molecular formula is C11H19N5O2-. The molecule has 0 aromatic carbocycles. The summed E-state index contributed by atoms with van der Waals surface area (Å²) in [6, 6.07) is 0. The first-order chi connectivity index (χ1) is 8.12. The van der Waals surface area contributed by atoms with Crippen LogP contribution in [-0.2, 0) is 12.3 Å². The molecule has 0 saturated carbocycles. The third-order valence-corrected chi connectivity index (χ3v) is 4.40. The minimum Gasteiger partial charge on any atom is -0.783 e. The van der Waals surface area contributed by atoms with Crippen molar-refractivity contribution in [2.45, 2.75) is 51.9 Å². The van der Waals surface area contributed by atoms with Crippen molar-refractivity contribution in [2.75, 3.05) is 0 Å². The van der Waals surface area contributed by atoms with Gasteiger partial charge in [0.05, 0.1) is 5.54 Å². The van der Waals surface area contributed by atoms with Gasteiger partial charge in [-0.1, -0.05) is 0 Å². The van der Waals surface area contributed by atoms with E-state index in [9.17, 15) is 10.4 Å². The Hall–Kier alpha value is -1.02. The van der Waals surface area contributed by atoms with Crippen LogP contribution in [0.3, 0.4) is 0 Å². The van der Waals surface area contributed by atoms with Gasteiger partial charge in [-0.2, -0.15) is 0 Å². The highest BCUT2D eigenvalue weighted by molar-refractivity contribution is 5.14. The molecule has 7 nitrogen and oxygen atoms in total. The van der Waals surface area contributed by atoms with Crippen LogP contribution in [0.25, 0.3) is 0 Å². The van der Waals surface area contributed by atoms with E-state index >= 15 is 0 Å². The first kappa shape index (κ1) is 13.4. The van der Waals surface area contributed by atoms with Crippen LogP contribution in [0.15, 0.2) is 0 Å². The average molecular weight is 253 g/mol. The largest absolute Gasteiger partial charge is 0.783 e. The lowest BCUT2D eigenvalue weighted by Gasteiger charge is -2.44. The highest BCUT2D eigenvalue weighted by Crippen LogP contribution is 2.47. The van der Waals surface area contributed by atoms with Gasteiger partial charge in [0.1, 0.15) is 12.0 Å². The van der Waals surface area contributed by atoms with Gasteiger partial charge in [-0.3, -0.25) is 0 Å². The predicted molar refractivity (Wildman–Crippen MR) is 64.4 cm³/mol. The van der Waals surface area contributed by atoms with Crippen molar-refractivity contribution < 1.29 is 5.21 Å². The number of hydrogen-bond donors (Lipinski definition) is 0. The van der Waals surface area contributed by atoms with Gasteiger partial charge in [0.25, 0.3) is 0 Å². The van der Waals surface area contributed by atoms with Crippen LogP contribution < -0.4 is 0 Å². The minimum absolute atomic E-state index is 0.385. The van der Waals surface area contributed by atoms with Gasteiger partial charge in [0.2, 0.25) is 0 Å². The van der Waals surface area contributed by atoms with E-state index in [1.165, 1.54) is 0 Å². The molecule has 2 heterocycles. The normalized spacial score (nSPS) is 27.9. The molecule has 0 aliphatic carbocycles. The summed E-state index contributed by atoms with van der Waals surface area (Å²) in [5.41, 5.74) is -1.58. The highest BCUT2D eigenvalue weighted by atomic mass is 16.6. The molecule has 1 aliphatic rings. The summed E-state index contributed by atoms with van der Waals surface area (Å²) in [5.74, 6) is 1.06. The Balaban J connectivity index is 2.51. The molecule has 101 valence electrons. The number of nitrogens with zero attached hydrogens (tertiary/aromatic N) is 5. The Morgan fingerprint density at radius 2 is 1.72 bits per heavy atom. The maximum absolute atomic E-state index is 12.4. The fourth-order valence-corrected chi connectivity index (χ4v) is 2.10. The number of rotatable bonds is 1. The van der Waals surface area contributed by atoms with Crippen molar-refractivity contribution in [3.05, 3.63) is 16.9 Å². The monoisotopic (exact) mass is 253 g/mol. The first-order valence-corrected chi connectivity index (χ1v) is 5.91. The minimum atomic E-state index is -0.943. The third kappa shape index (κ3) is 1.45. The summed E-state index contributed by atoms with van der Waals surface area (Å²) in [5, 5.41) is 34.3. The van der Waals surface area contributed by atoms with E-state index in [0.717, 1.165) is 10.1 Å². The fourth-order valence-electron chi connectivity index (χ4n) is 2.10.